The number of hydrogen-bond donors (Lipinski definition) is 1. The van der Waals surface area contributed by atoms with Crippen molar-refractivity contribution in [1.82, 2.24) is 14.7 Å². The van der Waals surface area contributed by atoms with Gasteiger partial charge in [-0.05, 0) is 13.0 Å². The standard InChI is InChI=1S/C10H13N3O3S/c1-7(13-4-2-3-11-13)9(14)12-6-17-5-8(12)10(15)16/h2-4,7-8H,5-6H2,1H3,(H,15,16). The van der Waals surface area contributed by atoms with E-state index in [9.17, 15) is 9.59 Å². The lowest BCUT2D eigenvalue weighted by Gasteiger charge is -2.24. The Labute approximate surface area is 103 Å². The van der Waals surface area contributed by atoms with Crippen LogP contribution in [0.4, 0.5) is 0 Å². The van der Waals surface area contributed by atoms with Crippen molar-refractivity contribution in [1.29, 1.82) is 0 Å². The Morgan fingerprint density at radius 3 is 2.94 bits per heavy atom. The molecule has 1 N–H and O–H groups in total. The zero-order chi connectivity index (χ0) is 12.4. The maximum absolute atomic E-state index is 12.1. The van der Waals surface area contributed by atoms with E-state index in [2.05, 4.69) is 5.10 Å². The van der Waals surface area contributed by atoms with E-state index in [-0.39, 0.29) is 5.91 Å². The number of aromatic nitrogens is 2. The number of rotatable bonds is 3. The van der Waals surface area contributed by atoms with Crippen molar-refractivity contribution in [2.75, 3.05) is 11.6 Å². The van der Waals surface area contributed by atoms with Crippen LogP contribution in [-0.2, 0) is 9.59 Å². The molecule has 2 rings (SSSR count). The normalized spacial score (nSPS) is 21.5. The van der Waals surface area contributed by atoms with Gasteiger partial charge in [0.15, 0.2) is 0 Å². The number of carboxylic acids is 1. The molecule has 2 heterocycles. The molecule has 17 heavy (non-hydrogen) atoms. The first-order valence-corrected chi connectivity index (χ1v) is 6.37. The quantitative estimate of drug-likeness (QED) is 0.847. The molecule has 1 aliphatic heterocycles. The average Bonchev–Trinajstić information content (AvgIpc) is 2.97. The Morgan fingerprint density at radius 2 is 2.35 bits per heavy atom. The molecule has 0 spiro atoms. The fraction of sp³-hybridized carbons (Fsp3) is 0.500. The van der Waals surface area contributed by atoms with Crippen LogP contribution in [0.15, 0.2) is 18.5 Å². The molecule has 1 fully saturated rings. The van der Waals surface area contributed by atoms with Crippen LogP contribution in [0.5, 0.6) is 0 Å². The summed E-state index contributed by atoms with van der Waals surface area (Å²) in [6.07, 6.45) is 3.29. The van der Waals surface area contributed by atoms with E-state index >= 15 is 0 Å². The molecule has 1 amide bonds. The number of carbonyl (C=O) groups is 2. The van der Waals surface area contributed by atoms with Crippen LogP contribution in [-0.4, -0.2) is 49.3 Å². The highest BCUT2D eigenvalue weighted by atomic mass is 32.2. The molecule has 6 nitrogen and oxygen atoms in total. The lowest BCUT2D eigenvalue weighted by Crippen LogP contribution is -2.44. The Bertz CT molecular complexity index is 420. The summed E-state index contributed by atoms with van der Waals surface area (Å²) in [6.45, 7) is 1.72. The van der Waals surface area contributed by atoms with Crippen LogP contribution in [0.2, 0.25) is 0 Å². The van der Waals surface area contributed by atoms with Crippen molar-refractivity contribution < 1.29 is 14.7 Å². The predicted molar refractivity (Wildman–Crippen MR) is 62.5 cm³/mol. The lowest BCUT2D eigenvalue weighted by molar-refractivity contribution is -0.149. The first kappa shape index (κ1) is 12.0. The third-order valence-corrected chi connectivity index (χ3v) is 3.74. The second kappa shape index (κ2) is 4.79. The Hall–Kier alpha value is -1.50. The fourth-order valence-electron chi connectivity index (χ4n) is 1.73. The van der Waals surface area contributed by atoms with Gasteiger partial charge >= 0.3 is 5.97 Å². The number of carbonyl (C=O) groups excluding carboxylic acids is 1. The molecule has 7 heteroatoms. The Morgan fingerprint density at radius 1 is 1.59 bits per heavy atom. The average molecular weight is 255 g/mol. The molecule has 1 saturated heterocycles. The van der Waals surface area contributed by atoms with Gasteiger partial charge in [0.05, 0.1) is 5.88 Å². The van der Waals surface area contributed by atoms with Gasteiger partial charge in [-0.2, -0.15) is 5.10 Å². The van der Waals surface area contributed by atoms with Crippen molar-refractivity contribution in [2.24, 2.45) is 0 Å². The molecule has 0 bridgehead atoms. The third kappa shape index (κ3) is 2.28. The van der Waals surface area contributed by atoms with Gasteiger partial charge in [-0.15, -0.1) is 11.8 Å². The molecule has 1 aromatic heterocycles. The topological polar surface area (TPSA) is 75.4 Å². The van der Waals surface area contributed by atoms with Crippen molar-refractivity contribution >= 4 is 23.6 Å². The highest BCUT2D eigenvalue weighted by molar-refractivity contribution is 7.99. The SMILES string of the molecule is CC(C(=O)N1CSCC1C(=O)O)n1cccn1. The number of thioether (sulfide) groups is 1. The number of nitrogens with zero attached hydrogens (tertiary/aromatic N) is 3. The van der Waals surface area contributed by atoms with E-state index in [0.29, 0.717) is 11.6 Å². The first-order valence-electron chi connectivity index (χ1n) is 5.21. The van der Waals surface area contributed by atoms with Gasteiger partial charge in [0, 0.05) is 18.1 Å². The third-order valence-electron chi connectivity index (χ3n) is 2.73. The minimum absolute atomic E-state index is 0.203. The fourth-order valence-corrected chi connectivity index (χ4v) is 2.88. The second-order valence-electron chi connectivity index (χ2n) is 3.82. The Balaban J connectivity index is 2.12. The summed E-state index contributed by atoms with van der Waals surface area (Å²) in [4.78, 5) is 24.5. The van der Waals surface area contributed by atoms with Crippen LogP contribution >= 0.6 is 11.8 Å². The smallest absolute Gasteiger partial charge is 0.327 e. The summed E-state index contributed by atoms with van der Waals surface area (Å²) in [5.74, 6) is -0.268. The summed E-state index contributed by atoms with van der Waals surface area (Å²) in [6, 6.07) is 0.549. The minimum atomic E-state index is -0.948. The van der Waals surface area contributed by atoms with Crippen molar-refractivity contribution in [3.63, 3.8) is 0 Å². The minimum Gasteiger partial charge on any atom is -0.480 e. The molecule has 92 valence electrons. The first-order chi connectivity index (χ1) is 8.11. The molecule has 2 atom stereocenters. The van der Waals surface area contributed by atoms with Gasteiger partial charge in [-0.1, -0.05) is 0 Å². The van der Waals surface area contributed by atoms with Crippen molar-refractivity contribution in [3.05, 3.63) is 18.5 Å². The van der Waals surface area contributed by atoms with Gasteiger partial charge in [-0.25, -0.2) is 4.79 Å². The molecule has 1 aromatic rings. The molecule has 2 unspecified atom stereocenters. The van der Waals surface area contributed by atoms with Crippen molar-refractivity contribution in [3.8, 4) is 0 Å². The number of amides is 1. The van der Waals surface area contributed by atoms with Gasteiger partial charge in [0.1, 0.15) is 12.1 Å². The van der Waals surface area contributed by atoms with Crippen LogP contribution in [0, 0.1) is 0 Å². The number of carboxylic acid groups (broad SMARTS) is 1. The maximum atomic E-state index is 12.1. The van der Waals surface area contributed by atoms with E-state index in [1.807, 2.05) is 0 Å². The summed E-state index contributed by atoms with van der Waals surface area (Å²) >= 11 is 1.46. The van der Waals surface area contributed by atoms with E-state index in [0.717, 1.165) is 0 Å². The molecular formula is C10H13N3O3S. The number of aliphatic carboxylic acids is 1. The molecule has 0 saturated carbocycles. The summed E-state index contributed by atoms with van der Waals surface area (Å²) in [5, 5.41) is 13.0. The highest BCUT2D eigenvalue weighted by Crippen LogP contribution is 2.24. The Kier molecular flexibility index (Phi) is 3.37. The van der Waals surface area contributed by atoms with Crippen LogP contribution in [0.3, 0.4) is 0 Å². The number of hydrogen-bond acceptors (Lipinski definition) is 4. The molecule has 0 radical (unpaired) electrons. The molecule has 1 aliphatic rings. The monoisotopic (exact) mass is 255 g/mol. The highest BCUT2D eigenvalue weighted by Gasteiger charge is 2.36. The summed E-state index contributed by atoms with van der Waals surface area (Å²) in [5.41, 5.74) is 0. The van der Waals surface area contributed by atoms with Gasteiger partial charge in [0.25, 0.3) is 0 Å². The summed E-state index contributed by atoms with van der Waals surface area (Å²) in [7, 11) is 0. The molecule has 0 aromatic carbocycles. The zero-order valence-electron chi connectivity index (χ0n) is 9.31. The van der Waals surface area contributed by atoms with E-state index in [4.69, 9.17) is 5.11 Å². The van der Waals surface area contributed by atoms with Crippen LogP contribution in [0.25, 0.3) is 0 Å². The second-order valence-corrected chi connectivity index (χ2v) is 4.82. The van der Waals surface area contributed by atoms with Crippen molar-refractivity contribution in [2.45, 2.75) is 19.0 Å². The predicted octanol–water partition coefficient (Wildman–Crippen LogP) is 0.430. The van der Waals surface area contributed by atoms with E-state index in [1.54, 1.807) is 25.4 Å². The van der Waals surface area contributed by atoms with Gasteiger partial charge < -0.3 is 10.0 Å². The van der Waals surface area contributed by atoms with Gasteiger partial charge in [-0.3, -0.25) is 9.48 Å². The van der Waals surface area contributed by atoms with E-state index in [1.165, 1.54) is 21.3 Å². The maximum Gasteiger partial charge on any atom is 0.327 e. The van der Waals surface area contributed by atoms with Crippen LogP contribution < -0.4 is 0 Å². The van der Waals surface area contributed by atoms with Crippen LogP contribution in [0.1, 0.15) is 13.0 Å². The summed E-state index contributed by atoms with van der Waals surface area (Å²) < 4.78 is 1.53. The van der Waals surface area contributed by atoms with Gasteiger partial charge in [0.2, 0.25) is 5.91 Å². The largest absolute Gasteiger partial charge is 0.480 e. The van der Waals surface area contributed by atoms with E-state index < -0.39 is 18.1 Å². The zero-order valence-corrected chi connectivity index (χ0v) is 10.1. The molecular weight excluding hydrogens is 242 g/mol. The lowest BCUT2D eigenvalue weighted by atomic mass is 10.2. The molecule has 0 aliphatic carbocycles.